The summed E-state index contributed by atoms with van der Waals surface area (Å²) in [6, 6.07) is 7.79. The Balaban J connectivity index is 1.25. The molecule has 0 bridgehead atoms. The number of Topliss-reactive ketones (excluding diaryl/α,β-unsaturated/α-hetero) is 1. The van der Waals surface area contributed by atoms with E-state index in [1.807, 2.05) is 30.0 Å². The van der Waals surface area contributed by atoms with Crippen LogP contribution >= 0.6 is 11.8 Å². The first-order chi connectivity index (χ1) is 13.5. The van der Waals surface area contributed by atoms with Crippen LogP contribution in [0.3, 0.4) is 0 Å². The maximum atomic E-state index is 12.3. The second kappa shape index (κ2) is 7.99. The number of thioether (sulfide) groups is 1. The second-order valence-electron chi connectivity index (χ2n) is 7.65. The van der Waals surface area contributed by atoms with E-state index >= 15 is 0 Å². The Morgan fingerprint density at radius 2 is 2.07 bits per heavy atom. The molecule has 1 aromatic carbocycles. The minimum atomic E-state index is -0.356. The summed E-state index contributed by atoms with van der Waals surface area (Å²) in [5.74, 6) is 1.73. The number of unbranched alkanes of at least 4 members (excludes halogenated alkanes) is 1. The summed E-state index contributed by atoms with van der Waals surface area (Å²) >= 11 is 1.90. The molecule has 0 radical (unpaired) electrons. The van der Waals surface area contributed by atoms with E-state index in [1.54, 1.807) is 13.0 Å². The molecule has 6 nitrogen and oxygen atoms in total. The molecule has 3 atom stereocenters. The molecule has 2 aliphatic rings. The maximum absolute atomic E-state index is 12.3. The molecule has 148 valence electrons. The van der Waals surface area contributed by atoms with Crippen molar-refractivity contribution >= 4 is 34.3 Å². The highest BCUT2D eigenvalue weighted by Gasteiger charge is 2.42. The summed E-state index contributed by atoms with van der Waals surface area (Å²) in [5.41, 5.74) is 0.493. The van der Waals surface area contributed by atoms with Gasteiger partial charge in [-0.25, -0.2) is 9.59 Å². The van der Waals surface area contributed by atoms with Crippen molar-refractivity contribution in [1.29, 1.82) is 0 Å². The molecule has 3 unspecified atom stereocenters. The van der Waals surface area contributed by atoms with Gasteiger partial charge in [-0.3, -0.25) is 4.79 Å². The fourth-order valence-corrected chi connectivity index (χ4v) is 5.64. The number of aryl methyl sites for hydroxylation is 1. The van der Waals surface area contributed by atoms with Crippen molar-refractivity contribution in [3.05, 3.63) is 46.0 Å². The van der Waals surface area contributed by atoms with Gasteiger partial charge in [-0.15, -0.1) is 0 Å². The number of carbonyl (C=O) groups is 2. The first-order valence-electron chi connectivity index (χ1n) is 9.73. The lowest BCUT2D eigenvalue weighted by atomic mass is 9.99. The highest BCUT2D eigenvalue weighted by molar-refractivity contribution is 8.00. The van der Waals surface area contributed by atoms with Crippen LogP contribution < -0.4 is 16.3 Å². The summed E-state index contributed by atoms with van der Waals surface area (Å²) in [4.78, 5) is 35.7. The molecule has 2 aliphatic heterocycles. The number of carbonyl (C=O) groups excluding carboxylic acids is 2. The number of fused-ring (bicyclic) bond motifs is 2. The quantitative estimate of drug-likeness (QED) is 0.551. The van der Waals surface area contributed by atoms with Gasteiger partial charge in [0.05, 0.1) is 17.5 Å². The average molecular weight is 401 g/mol. The summed E-state index contributed by atoms with van der Waals surface area (Å²) in [6.45, 7) is 1.75. The normalized spacial score (nSPS) is 23.5. The van der Waals surface area contributed by atoms with E-state index in [-0.39, 0.29) is 29.5 Å². The molecule has 0 saturated carbocycles. The Labute approximate surface area is 167 Å². The monoisotopic (exact) mass is 400 g/mol. The van der Waals surface area contributed by atoms with E-state index in [1.165, 1.54) is 0 Å². The molecule has 3 heterocycles. The van der Waals surface area contributed by atoms with Crippen molar-refractivity contribution in [1.82, 2.24) is 10.6 Å². The topological polar surface area (TPSA) is 88.4 Å². The summed E-state index contributed by atoms with van der Waals surface area (Å²) in [5, 5.41) is 7.74. The van der Waals surface area contributed by atoms with Crippen LogP contribution in [0.4, 0.5) is 4.79 Å². The standard InChI is InChI=1S/C21H24N2O4S/c1-12-8-14-7-6-13(10-16(14)20(25)27-12)9-15(24)4-2-3-5-18-19-17(11-28-18)22-21(26)23-19/h6-8,10,17-19H,2-5,9,11H2,1H3,(H2,22,23,26). The van der Waals surface area contributed by atoms with Gasteiger partial charge in [0.15, 0.2) is 0 Å². The smallest absolute Gasteiger partial charge is 0.343 e. The number of hydrogen-bond donors (Lipinski definition) is 2. The Kier molecular flexibility index (Phi) is 5.44. The molecule has 0 aliphatic carbocycles. The van der Waals surface area contributed by atoms with Gasteiger partial charge in [-0.1, -0.05) is 18.6 Å². The zero-order valence-corrected chi connectivity index (χ0v) is 16.6. The van der Waals surface area contributed by atoms with Crippen LogP contribution in [-0.2, 0) is 11.2 Å². The van der Waals surface area contributed by atoms with E-state index in [9.17, 15) is 14.4 Å². The number of urea groups is 1. The molecule has 0 spiro atoms. The minimum Gasteiger partial charge on any atom is -0.428 e. The molecule has 2 N–H and O–H groups in total. The van der Waals surface area contributed by atoms with Crippen molar-refractivity contribution in [2.45, 2.75) is 56.4 Å². The van der Waals surface area contributed by atoms with Crippen molar-refractivity contribution in [3.63, 3.8) is 0 Å². The summed E-state index contributed by atoms with van der Waals surface area (Å²) in [6.07, 6.45) is 3.72. The number of nitrogens with one attached hydrogen (secondary N) is 2. The molecule has 1 aromatic heterocycles. The molecule has 2 aromatic rings. The maximum Gasteiger partial charge on any atom is 0.343 e. The highest BCUT2D eigenvalue weighted by Crippen LogP contribution is 2.33. The van der Waals surface area contributed by atoms with Gasteiger partial charge in [0, 0.05) is 23.8 Å². The highest BCUT2D eigenvalue weighted by atomic mass is 32.2. The van der Waals surface area contributed by atoms with Gasteiger partial charge in [-0.05, 0) is 42.8 Å². The van der Waals surface area contributed by atoms with Crippen LogP contribution in [0.2, 0.25) is 0 Å². The molecular weight excluding hydrogens is 376 g/mol. The fourth-order valence-electron chi connectivity index (χ4n) is 4.09. The van der Waals surface area contributed by atoms with Crippen molar-refractivity contribution < 1.29 is 14.0 Å². The largest absolute Gasteiger partial charge is 0.428 e. The van der Waals surface area contributed by atoms with Gasteiger partial charge >= 0.3 is 11.7 Å². The van der Waals surface area contributed by atoms with Gasteiger partial charge in [0.1, 0.15) is 11.5 Å². The number of ketones is 1. The first kappa shape index (κ1) is 19.1. The predicted molar refractivity (Wildman–Crippen MR) is 110 cm³/mol. The van der Waals surface area contributed by atoms with E-state index in [0.717, 1.165) is 36.0 Å². The molecule has 7 heteroatoms. The fraction of sp³-hybridized carbons (Fsp3) is 0.476. The average Bonchev–Trinajstić information content (AvgIpc) is 3.18. The van der Waals surface area contributed by atoms with Gasteiger partial charge < -0.3 is 15.1 Å². The molecule has 2 amide bonds. The van der Waals surface area contributed by atoms with E-state index in [0.29, 0.717) is 29.2 Å². The predicted octanol–water partition coefficient (Wildman–Crippen LogP) is 2.94. The van der Waals surface area contributed by atoms with Crippen molar-refractivity contribution in [3.8, 4) is 0 Å². The lowest BCUT2D eigenvalue weighted by Crippen LogP contribution is -2.36. The molecule has 2 saturated heterocycles. The third-order valence-corrected chi connectivity index (χ3v) is 6.99. The Morgan fingerprint density at radius 1 is 1.21 bits per heavy atom. The molecule has 4 rings (SSSR count). The van der Waals surface area contributed by atoms with Gasteiger partial charge in [0.25, 0.3) is 0 Å². The Bertz CT molecular complexity index is 971. The minimum absolute atomic E-state index is 0.0601. The zero-order chi connectivity index (χ0) is 19.7. The molecule has 28 heavy (non-hydrogen) atoms. The van der Waals surface area contributed by atoms with Crippen LogP contribution in [0, 0.1) is 6.92 Å². The zero-order valence-electron chi connectivity index (χ0n) is 15.8. The first-order valence-corrected chi connectivity index (χ1v) is 10.8. The number of hydrogen-bond acceptors (Lipinski definition) is 5. The van der Waals surface area contributed by atoms with E-state index in [2.05, 4.69) is 10.6 Å². The van der Waals surface area contributed by atoms with Crippen molar-refractivity contribution in [2.24, 2.45) is 0 Å². The van der Waals surface area contributed by atoms with Crippen LogP contribution in [0.15, 0.2) is 33.5 Å². The van der Waals surface area contributed by atoms with Crippen LogP contribution in [0.5, 0.6) is 0 Å². The molecular formula is C21H24N2O4S. The lowest BCUT2D eigenvalue weighted by Gasteiger charge is -2.16. The number of benzene rings is 1. The summed E-state index contributed by atoms with van der Waals surface area (Å²) in [7, 11) is 0. The van der Waals surface area contributed by atoms with Crippen LogP contribution in [0.25, 0.3) is 10.8 Å². The third kappa shape index (κ3) is 4.09. The van der Waals surface area contributed by atoms with Crippen molar-refractivity contribution in [2.75, 3.05) is 5.75 Å². The lowest BCUT2D eigenvalue weighted by molar-refractivity contribution is -0.118. The molecule has 2 fully saturated rings. The number of rotatable bonds is 7. The SMILES string of the molecule is Cc1cc2ccc(CC(=O)CCCCC3SCC4NC(=O)NC43)cc2c(=O)o1. The van der Waals surface area contributed by atoms with E-state index in [4.69, 9.17) is 4.42 Å². The van der Waals surface area contributed by atoms with Gasteiger partial charge in [-0.2, -0.15) is 11.8 Å². The number of amides is 2. The van der Waals surface area contributed by atoms with Gasteiger partial charge in [0.2, 0.25) is 0 Å². The second-order valence-corrected chi connectivity index (χ2v) is 8.92. The van der Waals surface area contributed by atoms with E-state index < -0.39 is 0 Å². The van der Waals surface area contributed by atoms with Crippen LogP contribution in [-0.4, -0.2) is 34.9 Å². The Morgan fingerprint density at radius 3 is 2.93 bits per heavy atom. The van der Waals surface area contributed by atoms with Crippen LogP contribution in [0.1, 0.15) is 37.0 Å². The Hall–Kier alpha value is -2.28. The summed E-state index contributed by atoms with van der Waals surface area (Å²) < 4.78 is 5.14. The third-order valence-electron chi connectivity index (χ3n) is 5.48.